The second-order valence-corrected chi connectivity index (χ2v) is 4.99. The maximum atomic E-state index is 5.64. The van der Waals surface area contributed by atoms with E-state index in [4.69, 9.17) is 3.07 Å². The topological polar surface area (TPSA) is 9.23 Å². The molecule has 94 valence electrons. The van der Waals surface area contributed by atoms with Crippen LogP contribution >= 0.6 is 23.0 Å². The summed E-state index contributed by atoms with van der Waals surface area (Å²) in [6, 6.07) is 25.2. The first kappa shape index (κ1) is 12.6. The van der Waals surface area contributed by atoms with Gasteiger partial charge in [0, 0.05) is 0 Å². The van der Waals surface area contributed by atoms with Gasteiger partial charge < -0.3 is 3.07 Å². The summed E-state index contributed by atoms with van der Waals surface area (Å²) in [5, 5.41) is 2.50. The molecule has 0 N–H and O–H groups in total. The Hall–Kier alpha value is -1.39. The van der Waals surface area contributed by atoms with Crippen molar-refractivity contribution >= 4 is 33.8 Å². The van der Waals surface area contributed by atoms with Gasteiger partial charge >= 0.3 is 0 Å². The zero-order valence-electron chi connectivity index (χ0n) is 10.3. The van der Waals surface area contributed by atoms with Crippen molar-refractivity contribution in [3.63, 3.8) is 0 Å². The predicted molar refractivity (Wildman–Crippen MR) is 87.3 cm³/mol. The molecule has 0 aliphatic heterocycles. The van der Waals surface area contributed by atoms with Crippen molar-refractivity contribution in [2.75, 3.05) is 0 Å². The summed E-state index contributed by atoms with van der Waals surface area (Å²) in [6.07, 6.45) is -0.0218. The average molecular weight is 360 g/mol. The molecule has 0 radical (unpaired) electrons. The molecule has 0 aliphatic rings. The fourth-order valence-corrected chi connectivity index (χ4v) is 2.88. The standard InChI is InChI=1S/C17H13IO/c18-19-17(14-7-2-1-3-8-14)16-11-10-13-6-4-5-9-15(13)12-16/h1-12,17H. The normalized spacial score (nSPS) is 12.5. The molecule has 0 fully saturated rings. The van der Waals surface area contributed by atoms with Gasteiger partial charge in [0.05, 0.1) is 0 Å². The fourth-order valence-electron chi connectivity index (χ4n) is 2.29. The number of hydrogen-bond acceptors (Lipinski definition) is 1. The molecule has 1 atom stereocenters. The Morgan fingerprint density at radius 1 is 0.684 bits per heavy atom. The maximum absolute atomic E-state index is 5.64. The highest BCUT2D eigenvalue weighted by Gasteiger charge is 2.13. The van der Waals surface area contributed by atoms with Crippen molar-refractivity contribution in [2.45, 2.75) is 6.10 Å². The zero-order chi connectivity index (χ0) is 13.1. The van der Waals surface area contributed by atoms with Gasteiger partial charge in [-0.25, -0.2) is 0 Å². The summed E-state index contributed by atoms with van der Waals surface area (Å²) >= 11 is 1.98. The van der Waals surface area contributed by atoms with Crippen LogP contribution in [0.1, 0.15) is 17.2 Å². The minimum atomic E-state index is -0.0218. The Morgan fingerprint density at radius 2 is 1.37 bits per heavy atom. The number of halogens is 1. The summed E-state index contributed by atoms with van der Waals surface area (Å²) in [7, 11) is 0. The molecule has 0 saturated heterocycles. The molecule has 1 nitrogen and oxygen atoms in total. The van der Waals surface area contributed by atoms with Crippen LogP contribution in [0, 0.1) is 0 Å². The number of hydrogen-bond donors (Lipinski definition) is 0. The van der Waals surface area contributed by atoms with Crippen molar-refractivity contribution in [1.82, 2.24) is 0 Å². The predicted octanol–water partition coefficient (Wildman–Crippen LogP) is 5.30. The van der Waals surface area contributed by atoms with E-state index >= 15 is 0 Å². The Balaban J connectivity index is 2.06. The fraction of sp³-hybridized carbons (Fsp3) is 0.0588. The van der Waals surface area contributed by atoms with Crippen molar-refractivity contribution in [3.05, 3.63) is 83.9 Å². The third kappa shape index (κ3) is 2.65. The van der Waals surface area contributed by atoms with Crippen LogP contribution < -0.4 is 0 Å². The van der Waals surface area contributed by atoms with E-state index in [1.807, 2.05) is 41.2 Å². The average Bonchev–Trinajstić information content (AvgIpc) is 2.49. The summed E-state index contributed by atoms with van der Waals surface area (Å²) in [5.41, 5.74) is 2.35. The molecule has 0 aliphatic carbocycles. The van der Waals surface area contributed by atoms with Gasteiger partial charge in [0.15, 0.2) is 0 Å². The van der Waals surface area contributed by atoms with Crippen LogP contribution in [0.4, 0.5) is 0 Å². The lowest BCUT2D eigenvalue weighted by Gasteiger charge is -2.15. The molecule has 1 unspecified atom stereocenters. The monoisotopic (exact) mass is 360 g/mol. The number of fused-ring (bicyclic) bond motifs is 1. The lowest BCUT2D eigenvalue weighted by atomic mass is 9.99. The lowest BCUT2D eigenvalue weighted by Crippen LogP contribution is -2.00. The smallest absolute Gasteiger partial charge is 0.120 e. The maximum Gasteiger partial charge on any atom is 0.120 e. The third-order valence-corrected chi connectivity index (χ3v) is 3.78. The molecule has 2 heteroatoms. The highest BCUT2D eigenvalue weighted by molar-refractivity contribution is 14.1. The zero-order valence-corrected chi connectivity index (χ0v) is 12.4. The van der Waals surface area contributed by atoms with E-state index < -0.39 is 0 Å². The van der Waals surface area contributed by atoms with E-state index in [0.717, 1.165) is 0 Å². The molecule has 0 bridgehead atoms. The van der Waals surface area contributed by atoms with Crippen LogP contribution in [0.25, 0.3) is 10.8 Å². The van der Waals surface area contributed by atoms with Crippen LogP contribution in [-0.2, 0) is 3.07 Å². The van der Waals surface area contributed by atoms with Gasteiger partial charge in [-0.1, -0.05) is 66.7 Å². The SMILES string of the molecule is IOC(c1ccccc1)c1ccc2ccccc2c1. The minimum Gasteiger partial charge on any atom is -0.303 e. The molecule has 19 heavy (non-hydrogen) atoms. The van der Waals surface area contributed by atoms with Crippen LogP contribution in [-0.4, -0.2) is 0 Å². The third-order valence-electron chi connectivity index (χ3n) is 3.27. The molecule has 0 aromatic heterocycles. The summed E-state index contributed by atoms with van der Waals surface area (Å²) < 4.78 is 5.64. The molecule has 3 rings (SSSR count). The van der Waals surface area contributed by atoms with Crippen molar-refractivity contribution < 1.29 is 3.07 Å². The molecule has 0 heterocycles. The van der Waals surface area contributed by atoms with Gasteiger partial charge in [0.1, 0.15) is 29.1 Å². The second-order valence-electron chi connectivity index (χ2n) is 4.49. The van der Waals surface area contributed by atoms with E-state index in [1.165, 1.54) is 21.9 Å². The van der Waals surface area contributed by atoms with Gasteiger partial charge in [-0.2, -0.15) is 0 Å². The first-order valence-corrected chi connectivity index (χ1v) is 7.07. The number of rotatable bonds is 3. The van der Waals surface area contributed by atoms with E-state index in [-0.39, 0.29) is 6.10 Å². The van der Waals surface area contributed by atoms with E-state index in [9.17, 15) is 0 Å². The van der Waals surface area contributed by atoms with Gasteiger partial charge in [0.2, 0.25) is 0 Å². The highest BCUT2D eigenvalue weighted by atomic mass is 127. The number of benzene rings is 3. The van der Waals surface area contributed by atoms with E-state index in [0.29, 0.717) is 0 Å². The van der Waals surface area contributed by atoms with Gasteiger partial charge in [-0.05, 0) is 28.0 Å². The van der Waals surface area contributed by atoms with Crippen LogP contribution in [0.3, 0.4) is 0 Å². The second kappa shape index (κ2) is 5.72. The molecular formula is C17H13IO. The molecule has 3 aromatic rings. The van der Waals surface area contributed by atoms with Crippen molar-refractivity contribution in [3.8, 4) is 0 Å². The molecular weight excluding hydrogens is 347 g/mol. The molecule has 3 aromatic carbocycles. The molecule has 0 spiro atoms. The van der Waals surface area contributed by atoms with Gasteiger partial charge in [-0.15, -0.1) is 0 Å². The first-order valence-electron chi connectivity index (χ1n) is 6.19. The lowest BCUT2D eigenvalue weighted by molar-refractivity contribution is 0.343. The quantitative estimate of drug-likeness (QED) is 0.577. The van der Waals surface area contributed by atoms with E-state index in [1.54, 1.807) is 0 Å². The highest BCUT2D eigenvalue weighted by Crippen LogP contribution is 2.30. The van der Waals surface area contributed by atoms with Crippen molar-refractivity contribution in [2.24, 2.45) is 0 Å². The summed E-state index contributed by atoms with van der Waals surface area (Å²) in [4.78, 5) is 0. The minimum absolute atomic E-state index is 0.0218. The Morgan fingerprint density at radius 3 is 2.11 bits per heavy atom. The Labute approximate surface area is 126 Å². The van der Waals surface area contributed by atoms with Crippen molar-refractivity contribution in [1.29, 1.82) is 0 Å². The largest absolute Gasteiger partial charge is 0.303 e. The summed E-state index contributed by atoms with van der Waals surface area (Å²) in [6.45, 7) is 0. The molecule has 0 saturated carbocycles. The van der Waals surface area contributed by atoms with Gasteiger partial charge in [0.25, 0.3) is 0 Å². The summed E-state index contributed by atoms with van der Waals surface area (Å²) in [5.74, 6) is 0. The van der Waals surface area contributed by atoms with Crippen LogP contribution in [0.5, 0.6) is 0 Å². The Kier molecular flexibility index (Phi) is 3.80. The first-order chi connectivity index (χ1) is 9.38. The molecule has 0 amide bonds. The van der Waals surface area contributed by atoms with Crippen LogP contribution in [0.15, 0.2) is 72.8 Å². The van der Waals surface area contributed by atoms with E-state index in [2.05, 4.69) is 54.6 Å². The van der Waals surface area contributed by atoms with Gasteiger partial charge in [-0.3, -0.25) is 0 Å². The van der Waals surface area contributed by atoms with Crippen LogP contribution in [0.2, 0.25) is 0 Å². The Bertz CT molecular complexity index is 679.